The predicted octanol–water partition coefficient (Wildman–Crippen LogP) is 3.65. The van der Waals surface area contributed by atoms with Crippen molar-refractivity contribution in [3.63, 3.8) is 0 Å². The molecule has 0 radical (unpaired) electrons. The van der Waals surface area contributed by atoms with Crippen molar-refractivity contribution >= 4 is 40.3 Å². The molecule has 6 rings (SSSR count). The fourth-order valence-electron chi connectivity index (χ4n) is 5.69. The molecule has 3 aliphatic rings. The van der Waals surface area contributed by atoms with E-state index in [4.69, 9.17) is 16.3 Å². The minimum atomic E-state index is -0.872. The molecule has 2 fully saturated rings. The molecule has 192 valence electrons. The lowest BCUT2D eigenvalue weighted by Gasteiger charge is -2.38. The first-order valence-corrected chi connectivity index (χ1v) is 12.8. The number of ether oxygens (including phenoxy) is 1. The summed E-state index contributed by atoms with van der Waals surface area (Å²) in [6.07, 6.45) is 0.776. The summed E-state index contributed by atoms with van der Waals surface area (Å²) in [6, 6.07) is 9.32. The smallest absolute Gasteiger partial charge is 0.339 e. The summed E-state index contributed by atoms with van der Waals surface area (Å²) in [7, 11) is 2.02. The summed E-state index contributed by atoms with van der Waals surface area (Å²) in [4.78, 5) is 48.7. The monoisotopic (exact) mass is 524 g/mol. The molecule has 1 N–H and O–H groups in total. The lowest BCUT2D eigenvalue weighted by Crippen LogP contribution is -2.48. The minimum Gasteiger partial charge on any atom is -0.450 e. The first kappa shape index (κ1) is 23.9. The Hall–Kier alpha value is -3.43. The van der Waals surface area contributed by atoms with Crippen LogP contribution in [0.1, 0.15) is 49.6 Å². The Balaban J connectivity index is 1.30. The van der Waals surface area contributed by atoms with Crippen LogP contribution in [0.25, 0.3) is 10.9 Å². The number of piperidine rings is 1. The molecule has 1 aromatic heterocycles. The Bertz CT molecular complexity index is 1440. The molecule has 8 nitrogen and oxygen atoms in total. The Morgan fingerprint density at radius 1 is 0.973 bits per heavy atom. The van der Waals surface area contributed by atoms with Gasteiger partial charge in [-0.2, -0.15) is 0 Å². The summed E-state index contributed by atoms with van der Waals surface area (Å²) in [6.45, 7) is 3.34. The highest BCUT2D eigenvalue weighted by molar-refractivity contribution is 6.31. The molecule has 2 saturated heterocycles. The summed E-state index contributed by atoms with van der Waals surface area (Å²) in [5.41, 5.74) is 1.26. The van der Waals surface area contributed by atoms with Gasteiger partial charge in [-0.1, -0.05) is 23.7 Å². The number of nitrogens with one attached hydrogen (secondary N) is 1. The van der Waals surface area contributed by atoms with Crippen LogP contribution in [0.2, 0.25) is 5.02 Å². The standard InChI is InChI=1S/C27H26ClFN4O4/c1-31-10-12-33(13-11-31)25(35)23-22(18-4-2-16(28)14-21(18)30-23)24(34)32-8-6-27(7-9-32)20-5-3-17(29)15-19(20)26(36)37-27/h2-5,14-15,30H,6-13H2,1H3. The third-order valence-corrected chi connectivity index (χ3v) is 8.05. The van der Waals surface area contributed by atoms with Crippen LogP contribution < -0.4 is 0 Å². The van der Waals surface area contributed by atoms with E-state index < -0.39 is 17.4 Å². The largest absolute Gasteiger partial charge is 0.450 e. The average molecular weight is 525 g/mol. The highest BCUT2D eigenvalue weighted by Crippen LogP contribution is 2.44. The molecule has 0 atom stereocenters. The van der Waals surface area contributed by atoms with Gasteiger partial charge in [0.15, 0.2) is 0 Å². The second-order valence-electron chi connectivity index (χ2n) is 10.0. The van der Waals surface area contributed by atoms with Crippen molar-refractivity contribution < 1.29 is 23.5 Å². The van der Waals surface area contributed by atoms with E-state index in [0.29, 0.717) is 66.1 Å². The number of aromatic nitrogens is 1. The van der Waals surface area contributed by atoms with Crippen LogP contribution in [0.3, 0.4) is 0 Å². The number of likely N-dealkylation sites (tertiary alicyclic amines) is 1. The topological polar surface area (TPSA) is 86.0 Å². The number of hydrogen-bond acceptors (Lipinski definition) is 5. The maximum absolute atomic E-state index is 13.9. The predicted molar refractivity (Wildman–Crippen MR) is 135 cm³/mol. The zero-order chi connectivity index (χ0) is 25.9. The van der Waals surface area contributed by atoms with Crippen LogP contribution in [0.5, 0.6) is 0 Å². The van der Waals surface area contributed by atoms with Gasteiger partial charge in [-0.15, -0.1) is 0 Å². The van der Waals surface area contributed by atoms with E-state index in [1.165, 1.54) is 12.1 Å². The summed E-state index contributed by atoms with van der Waals surface area (Å²) in [5, 5.41) is 1.14. The van der Waals surface area contributed by atoms with Gasteiger partial charge >= 0.3 is 5.97 Å². The van der Waals surface area contributed by atoms with Crippen LogP contribution >= 0.6 is 11.6 Å². The molecule has 2 aromatic carbocycles. The molecular formula is C27H26ClFN4O4. The number of esters is 1. The third kappa shape index (κ3) is 3.97. The van der Waals surface area contributed by atoms with Crippen LogP contribution in [0, 0.1) is 5.82 Å². The quantitative estimate of drug-likeness (QED) is 0.517. The molecule has 3 aromatic rings. The van der Waals surface area contributed by atoms with Crippen molar-refractivity contribution in [1.82, 2.24) is 19.7 Å². The number of aromatic amines is 1. The number of carbonyl (C=O) groups excluding carboxylic acids is 3. The SMILES string of the molecule is CN1CCN(C(=O)c2[nH]c3cc(Cl)ccc3c2C(=O)N2CCC3(CC2)OC(=O)c2cc(F)ccc23)CC1. The van der Waals surface area contributed by atoms with Gasteiger partial charge in [-0.25, -0.2) is 9.18 Å². The molecule has 1 spiro atoms. The van der Waals surface area contributed by atoms with E-state index in [2.05, 4.69) is 9.88 Å². The number of rotatable bonds is 2. The molecule has 2 amide bonds. The molecule has 10 heteroatoms. The third-order valence-electron chi connectivity index (χ3n) is 7.82. The molecule has 0 saturated carbocycles. The number of halogens is 2. The first-order valence-electron chi connectivity index (χ1n) is 12.4. The van der Waals surface area contributed by atoms with Crippen molar-refractivity contribution in [3.05, 3.63) is 69.6 Å². The van der Waals surface area contributed by atoms with Gasteiger partial charge in [0.25, 0.3) is 11.8 Å². The summed E-state index contributed by atoms with van der Waals surface area (Å²) >= 11 is 6.20. The molecule has 3 aliphatic heterocycles. The molecule has 0 aliphatic carbocycles. The number of fused-ring (bicyclic) bond motifs is 3. The zero-order valence-electron chi connectivity index (χ0n) is 20.4. The van der Waals surface area contributed by atoms with E-state index in [1.807, 2.05) is 7.05 Å². The van der Waals surface area contributed by atoms with Gasteiger partial charge in [0.2, 0.25) is 0 Å². The second kappa shape index (κ2) is 8.85. The summed E-state index contributed by atoms with van der Waals surface area (Å²) in [5.74, 6) is -1.50. The highest BCUT2D eigenvalue weighted by atomic mass is 35.5. The number of H-pyrrole nitrogens is 1. The number of carbonyl (C=O) groups is 3. The number of benzene rings is 2. The second-order valence-corrected chi connectivity index (χ2v) is 10.5. The number of likely N-dealkylation sites (N-methyl/N-ethyl adjacent to an activating group) is 1. The number of hydrogen-bond donors (Lipinski definition) is 1. The average Bonchev–Trinajstić information content (AvgIpc) is 3.38. The number of amides is 2. The van der Waals surface area contributed by atoms with Gasteiger partial charge < -0.3 is 24.4 Å². The van der Waals surface area contributed by atoms with Crippen molar-refractivity contribution in [1.29, 1.82) is 0 Å². The minimum absolute atomic E-state index is 0.210. The van der Waals surface area contributed by atoms with E-state index >= 15 is 0 Å². The van der Waals surface area contributed by atoms with E-state index in [1.54, 1.807) is 34.1 Å². The van der Waals surface area contributed by atoms with E-state index in [0.717, 1.165) is 13.1 Å². The van der Waals surface area contributed by atoms with Crippen LogP contribution in [-0.2, 0) is 10.3 Å². The van der Waals surface area contributed by atoms with Gasteiger partial charge in [-0.3, -0.25) is 9.59 Å². The van der Waals surface area contributed by atoms with Gasteiger partial charge in [0.1, 0.15) is 17.1 Å². The molecular weight excluding hydrogens is 499 g/mol. The fourth-order valence-corrected chi connectivity index (χ4v) is 5.86. The van der Waals surface area contributed by atoms with E-state index in [-0.39, 0.29) is 23.1 Å². The van der Waals surface area contributed by atoms with Crippen molar-refractivity contribution in [3.8, 4) is 0 Å². The van der Waals surface area contributed by atoms with Crippen molar-refractivity contribution in [2.45, 2.75) is 18.4 Å². The Labute approximate surface area is 217 Å². The van der Waals surface area contributed by atoms with Crippen LogP contribution in [0.4, 0.5) is 4.39 Å². The Morgan fingerprint density at radius 3 is 2.41 bits per heavy atom. The van der Waals surface area contributed by atoms with Gasteiger partial charge in [0.05, 0.1) is 11.1 Å². The first-order chi connectivity index (χ1) is 17.8. The van der Waals surface area contributed by atoms with Crippen LogP contribution in [-0.4, -0.2) is 83.8 Å². The van der Waals surface area contributed by atoms with Gasteiger partial charge in [-0.05, 0) is 31.3 Å². The Morgan fingerprint density at radius 2 is 1.68 bits per heavy atom. The summed E-state index contributed by atoms with van der Waals surface area (Å²) < 4.78 is 19.5. The van der Waals surface area contributed by atoms with Crippen molar-refractivity contribution in [2.75, 3.05) is 46.3 Å². The maximum atomic E-state index is 13.9. The Kier molecular flexibility index (Phi) is 5.72. The molecule has 37 heavy (non-hydrogen) atoms. The highest BCUT2D eigenvalue weighted by Gasteiger charge is 2.48. The van der Waals surface area contributed by atoms with Crippen LogP contribution in [0.15, 0.2) is 36.4 Å². The maximum Gasteiger partial charge on any atom is 0.339 e. The van der Waals surface area contributed by atoms with Gasteiger partial charge in [0, 0.05) is 73.6 Å². The zero-order valence-corrected chi connectivity index (χ0v) is 21.1. The molecule has 4 heterocycles. The molecule has 0 unspecified atom stereocenters. The fraction of sp³-hybridized carbons (Fsp3) is 0.370. The lowest BCUT2D eigenvalue weighted by molar-refractivity contribution is -0.0389. The van der Waals surface area contributed by atoms with Crippen molar-refractivity contribution in [2.24, 2.45) is 0 Å². The normalized spacial score (nSPS) is 19.4. The number of piperazine rings is 1. The lowest BCUT2D eigenvalue weighted by atomic mass is 9.83. The van der Waals surface area contributed by atoms with E-state index in [9.17, 15) is 18.8 Å². The molecule has 0 bridgehead atoms. The number of nitrogens with zero attached hydrogens (tertiary/aromatic N) is 3.